The van der Waals surface area contributed by atoms with E-state index in [2.05, 4.69) is 12.2 Å². The van der Waals surface area contributed by atoms with Crippen molar-refractivity contribution in [1.29, 1.82) is 0 Å². The summed E-state index contributed by atoms with van der Waals surface area (Å²) >= 11 is 0. The van der Waals surface area contributed by atoms with E-state index < -0.39 is 9.84 Å². The standard InChI is InChI=1S/C14H27NO2S/c1-2-13-5-3-4-6-14(13)15-11-12-7-9-18(16,17)10-8-12/h12-15H,2-11H2,1H3/t13-,14+/m1/s1. The lowest BCUT2D eigenvalue weighted by Crippen LogP contribution is -2.42. The zero-order chi connectivity index (χ0) is 13.0. The average Bonchev–Trinajstić information content (AvgIpc) is 2.38. The molecule has 1 saturated carbocycles. The van der Waals surface area contributed by atoms with Crippen molar-refractivity contribution in [3.05, 3.63) is 0 Å². The smallest absolute Gasteiger partial charge is 0.150 e. The summed E-state index contributed by atoms with van der Waals surface area (Å²) in [5.41, 5.74) is 0. The molecule has 2 aliphatic rings. The molecule has 2 atom stereocenters. The van der Waals surface area contributed by atoms with Crippen LogP contribution in [0.3, 0.4) is 0 Å². The second-order valence-corrected chi connectivity index (χ2v) is 8.37. The largest absolute Gasteiger partial charge is 0.313 e. The van der Waals surface area contributed by atoms with E-state index in [1.54, 1.807) is 0 Å². The SMILES string of the molecule is CC[C@@H]1CCCC[C@@H]1NCC1CCS(=O)(=O)CC1. The number of hydrogen-bond acceptors (Lipinski definition) is 3. The second-order valence-electron chi connectivity index (χ2n) is 6.06. The van der Waals surface area contributed by atoms with E-state index in [0.717, 1.165) is 25.3 Å². The van der Waals surface area contributed by atoms with Gasteiger partial charge in [0.1, 0.15) is 9.84 Å². The molecule has 0 spiro atoms. The number of sulfone groups is 1. The molecule has 0 radical (unpaired) electrons. The van der Waals surface area contributed by atoms with Crippen LogP contribution in [0.25, 0.3) is 0 Å². The minimum atomic E-state index is -2.70. The van der Waals surface area contributed by atoms with Gasteiger partial charge in [-0.25, -0.2) is 8.42 Å². The van der Waals surface area contributed by atoms with Crippen LogP contribution >= 0.6 is 0 Å². The van der Waals surface area contributed by atoms with Gasteiger partial charge in [0.05, 0.1) is 11.5 Å². The van der Waals surface area contributed by atoms with E-state index in [-0.39, 0.29) is 0 Å². The summed E-state index contributed by atoms with van der Waals surface area (Å²) in [7, 11) is -2.70. The van der Waals surface area contributed by atoms with Crippen molar-refractivity contribution in [2.75, 3.05) is 18.1 Å². The Balaban J connectivity index is 1.74. The monoisotopic (exact) mass is 273 g/mol. The minimum absolute atomic E-state index is 0.404. The molecule has 18 heavy (non-hydrogen) atoms. The first-order valence-electron chi connectivity index (χ1n) is 7.54. The van der Waals surface area contributed by atoms with Crippen molar-refractivity contribution in [2.45, 2.75) is 57.9 Å². The highest BCUT2D eigenvalue weighted by Crippen LogP contribution is 2.27. The van der Waals surface area contributed by atoms with E-state index in [1.807, 2.05) is 0 Å². The van der Waals surface area contributed by atoms with Gasteiger partial charge >= 0.3 is 0 Å². The summed E-state index contributed by atoms with van der Waals surface area (Å²) in [6.45, 7) is 3.31. The molecule has 1 aliphatic heterocycles. The summed E-state index contributed by atoms with van der Waals surface area (Å²) in [5.74, 6) is 2.22. The zero-order valence-electron chi connectivity index (χ0n) is 11.5. The highest BCUT2D eigenvalue weighted by molar-refractivity contribution is 7.91. The maximum absolute atomic E-state index is 11.4. The second kappa shape index (κ2) is 6.38. The van der Waals surface area contributed by atoms with Crippen LogP contribution in [0.15, 0.2) is 0 Å². The Morgan fingerprint density at radius 1 is 1.06 bits per heavy atom. The molecule has 3 nitrogen and oxygen atoms in total. The Kier molecular flexibility index (Phi) is 5.07. The Hall–Kier alpha value is -0.0900. The molecule has 1 saturated heterocycles. The Bertz CT molecular complexity index is 339. The lowest BCUT2D eigenvalue weighted by molar-refractivity contribution is 0.243. The van der Waals surface area contributed by atoms with E-state index in [1.165, 1.54) is 32.1 Å². The van der Waals surface area contributed by atoms with Gasteiger partial charge in [0.2, 0.25) is 0 Å². The molecule has 0 aromatic carbocycles. The molecule has 4 heteroatoms. The van der Waals surface area contributed by atoms with Crippen LogP contribution in [0.5, 0.6) is 0 Å². The van der Waals surface area contributed by atoms with Crippen LogP contribution in [0, 0.1) is 11.8 Å². The molecule has 0 unspecified atom stereocenters. The topological polar surface area (TPSA) is 46.2 Å². The van der Waals surface area contributed by atoms with Gasteiger partial charge in [-0.3, -0.25) is 0 Å². The van der Waals surface area contributed by atoms with E-state index in [4.69, 9.17) is 0 Å². The van der Waals surface area contributed by atoms with E-state index in [9.17, 15) is 8.42 Å². The van der Waals surface area contributed by atoms with Crippen molar-refractivity contribution in [2.24, 2.45) is 11.8 Å². The van der Waals surface area contributed by atoms with Crippen LogP contribution in [-0.4, -0.2) is 32.5 Å². The van der Waals surface area contributed by atoms with Crippen LogP contribution in [0.4, 0.5) is 0 Å². The third kappa shape index (κ3) is 3.95. The molecule has 0 amide bonds. The zero-order valence-corrected chi connectivity index (χ0v) is 12.3. The number of nitrogens with one attached hydrogen (secondary N) is 1. The fourth-order valence-corrected chi connectivity index (χ4v) is 5.02. The highest BCUT2D eigenvalue weighted by Gasteiger charge is 2.26. The Morgan fingerprint density at radius 3 is 2.39 bits per heavy atom. The molecule has 0 aromatic rings. The van der Waals surface area contributed by atoms with Crippen LogP contribution < -0.4 is 5.32 Å². The molecule has 2 fully saturated rings. The molecule has 0 aromatic heterocycles. The van der Waals surface area contributed by atoms with Crippen LogP contribution in [-0.2, 0) is 9.84 Å². The van der Waals surface area contributed by atoms with Gasteiger partial charge in [0.15, 0.2) is 0 Å². The van der Waals surface area contributed by atoms with Gasteiger partial charge in [0, 0.05) is 6.04 Å². The molecule has 2 rings (SSSR count). The quantitative estimate of drug-likeness (QED) is 0.855. The first-order valence-corrected chi connectivity index (χ1v) is 9.36. The van der Waals surface area contributed by atoms with Crippen molar-refractivity contribution < 1.29 is 8.42 Å². The molecule has 106 valence electrons. The van der Waals surface area contributed by atoms with E-state index >= 15 is 0 Å². The Morgan fingerprint density at radius 2 is 1.72 bits per heavy atom. The van der Waals surface area contributed by atoms with Gasteiger partial charge in [-0.2, -0.15) is 0 Å². The van der Waals surface area contributed by atoms with Crippen LogP contribution in [0.2, 0.25) is 0 Å². The summed E-state index contributed by atoms with van der Waals surface area (Å²) in [6, 6.07) is 0.683. The Labute approximate surface area is 112 Å². The lowest BCUT2D eigenvalue weighted by atomic mass is 9.82. The summed E-state index contributed by atoms with van der Waals surface area (Å²) in [6.07, 6.45) is 8.41. The van der Waals surface area contributed by atoms with Gasteiger partial charge in [-0.15, -0.1) is 0 Å². The first kappa shape index (κ1) is 14.3. The molecule has 0 bridgehead atoms. The first-order chi connectivity index (χ1) is 8.61. The fourth-order valence-electron chi connectivity index (χ4n) is 3.43. The van der Waals surface area contributed by atoms with E-state index in [0.29, 0.717) is 23.5 Å². The lowest BCUT2D eigenvalue weighted by Gasteiger charge is -2.33. The van der Waals surface area contributed by atoms with Crippen LogP contribution in [0.1, 0.15) is 51.9 Å². The fraction of sp³-hybridized carbons (Fsp3) is 1.00. The molecule has 1 aliphatic carbocycles. The average molecular weight is 273 g/mol. The van der Waals surface area contributed by atoms with Crippen molar-refractivity contribution in [1.82, 2.24) is 5.32 Å². The maximum atomic E-state index is 11.4. The van der Waals surface area contributed by atoms with Gasteiger partial charge in [0.25, 0.3) is 0 Å². The van der Waals surface area contributed by atoms with Gasteiger partial charge in [-0.05, 0) is 44.1 Å². The number of hydrogen-bond donors (Lipinski definition) is 1. The molecule has 1 heterocycles. The summed E-state index contributed by atoms with van der Waals surface area (Å²) < 4.78 is 22.8. The summed E-state index contributed by atoms with van der Waals surface area (Å²) in [4.78, 5) is 0. The normalized spacial score (nSPS) is 33.4. The highest BCUT2D eigenvalue weighted by atomic mass is 32.2. The van der Waals surface area contributed by atoms with Crippen molar-refractivity contribution in [3.63, 3.8) is 0 Å². The third-order valence-corrected chi connectivity index (χ3v) is 6.49. The van der Waals surface area contributed by atoms with Gasteiger partial charge in [-0.1, -0.05) is 26.2 Å². The number of rotatable bonds is 4. The summed E-state index contributed by atoms with van der Waals surface area (Å²) in [5, 5.41) is 3.72. The van der Waals surface area contributed by atoms with Crippen molar-refractivity contribution in [3.8, 4) is 0 Å². The maximum Gasteiger partial charge on any atom is 0.150 e. The molecule has 1 N–H and O–H groups in total. The van der Waals surface area contributed by atoms with Gasteiger partial charge < -0.3 is 5.32 Å². The third-order valence-electron chi connectivity index (χ3n) is 4.78. The van der Waals surface area contributed by atoms with Crippen molar-refractivity contribution >= 4 is 9.84 Å². The molecular weight excluding hydrogens is 246 g/mol. The minimum Gasteiger partial charge on any atom is -0.313 e. The predicted octanol–water partition coefficient (Wildman–Crippen LogP) is 2.37. The predicted molar refractivity (Wildman–Crippen MR) is 75.4 cm³/mol. The molecular formula is C14H27NO2S.